The number of pyridine rings is 1. The molecule has 5 nitrogen and oxygen atoms in total. The summed E-state index contributed by atoms with van der Waals surface area (Å²) in [7, 11) is -3.49. The third-order valence-corrected chi connectivity index (χ3v) is 6.03. The largest absolute Gasteiger partial charge is 0.384 e. The molecule has 2 N–H and O–H groups in total. The number of nitrogen functional groups attached to an aromatic ring is 1. The Morgan fingerprint density at radius 3 is 3.00 bits per heavy atom. The van der Waals surface area contributed by atoms with Gasteiger partial charge < -0.3 is 5.73 Å². The molecular formula is C12H13N3O2S2. The molecule has 0 saturated heterocycles. The lowest BCUT2D eigenvalue weighted by Crippen LogP contribution is -2.35. The Morgan fingerprint density at radius 1 is 1.37 bits per heavy atom. The standard InChI is InChI=1S/C12H13N3O2S2/c13-12-7-10(1-4-14-12)19(16,17)15-5-2-11-9(8-15)3-6-18-11/h1,3-4,6-7H,2,5,8H2,(H2,13,14). The number of aromatic nitrogens is 1. The summed E-state index contributed by atoms with van der Waals surface area (Å²) in [5.41, 5.74) is 6.65. The van der Waals surface area contributed by atoms with Gasteiger partial charge in [0.1, 0.15) is 5.82 Å². The zero-order valence-electron chi connectivity index (χ0n) is 10.1. The fraction of sp³-hybridized carbons (Fsp3) is 0.250. The maximum absolute atomic E-state index is 12.5. The highest BCUT2D eigenvalue weighted by Gasteiger charge is 2.28. The number of anilines is 1. The monoisotopic (exact) mass is 295 g/mol. The van der Waals surface area contributed by atoms with Crippen molar-refractivity contribution in [1.82, 2.24) is 9.29 Å². The van der Waals surface area contributed by atoms with Gasteiger partial charge in [-0.3, -0.25) is 0 Å². The second-order valence-electron chi connectivity index (χ2n) is 4.37. The molecule has 0 aliphatic carbocycles. The van der Waals surface area contributed by atoms with E-state index in [-0.39, 0.29) is 10.7 Å². The molecule has 3 heterocycles. The zero-order valence-corrected chi connectivity index (χ0v) is 11.7. The Hall–Kier alpha value is -1.44. The van der Waals surface area contributed by atoms with E-state index >= 15 is 0 Å². The van der Waals surface area contributed by atoms with Crippen molar-refractivity contribution < 1.29 is 8.42 Å². The SMILES string of the molecule is Nc1cc(S(=O)(=O)N2CCc3sccc3C2)ccn1. The van der Waals surface area contributed by atoms with Crippen LogP contribution in [-0.4, -0.2) is 24.3 Å². The molecule has 0 amide bonds. The number of hydrogen-bond donors (Lipinski definition) is 1. The van der Waals surface area contributed by atoms with Crippen molar-refractivity contribution in [3.8, 4) is 0 Å². The van der Waals surface area contributed by atoms with Crippen molar-refractivity contribution in [3.63, 3.8) is 0 Å². The third-order valence-electron chi connectivity index (χ3n) is 3.16. The minimum Gasteiger partial charge on any atom is -0.384 e. The molecule has 2 aromatic heterocycles. The van der Waals surface area contributed by atoms with Crippen LogP contribution in [0.15, 0.2) is 34.7 Å². The molecule has 0 saturated carbocycles. The van der Waals surface area contributed by atoms with Crippen molar-refractivity contribution >= 4 is 27.2 Å². The van der Waals surface area contributed by atoms with Crippen LogP contribution in [-0.2, 0) is 23.0 Å². The van der Waals surface area contributed by atoms with Crippen molar-refractivity contribution in [2.75, 3.05) is 12.3 Å². The van der Waals surface area contributed by atoms with Crippen LogP contribution in [0.2, 0.25) is 0 Å². The van der Waals surface area contributed by atoms with Crippen LogP contribution >= 0.6 is 11.3 Å². The van der Waals surface area contributed by atoms with E-state index in [1.54, 1.807) is 11.3 Å². The second kappa shape index (κ2) is 4.59. The summed E-state index contributed by atoms with van der Waals surface area (Å²) in [6, 6.07) is 4.87. The number of thiophene rings is 1. The molecule has 3 rings (SSSR count). The highest BCUT2D eigenvalue weighted by molar-refractivity contribution is 7.89. The van der Waals surface area contributed by atoms with E-state index in [1.165, 1.54) is 27.5 Å². The summed E-state index contributed by atoms with van der Waals surface area (Å²) in [5, 5.41) is 2.01. The number of nitrogens with zero attached hydrogens (tertiary/aromatic N) is 2. The van der Waals surface area contributed by atoms with Gasteiger partial charge in [-0.2, -0.15) is 4.31 Å². The molecule has 0 unspecified atom stereocenters. The van der Waals surface area contributed by atoms with Crippen LogP contribution in [0.4, 0.5) is 5.82 Å². The predicted molar refractivity (Wildman–Crippen MR) is 74.3 cm³/mol. The molecule has 100 valence electrons. The molecular weight excluding hydrogens is 282 g/mol. The van der Waals surface area contributed by atoms with Gasteiger partial charge in [0.2, 0.25) is 10.0 Å². The van der Waals surface area contributed by atoms with Crippen molar-refractivity contribution in [1.29, 1.82) is 0 Å². The number of sulfonamides is 1. The first kappa shape index (κ1) is 12.6. The van der Waals surface area contributed by atoms with E-state index in [0.717, 1.165) is 12.0 Å². The number of fused-ring (bicyclic) bond motifs is 1. The zero-order chi connectivity index (χ0) is 13.5. The predicted octanol–water partition coefficient (Wildman–Crippen LogP) is 1.47. The Bertz CT molecular complexity index is 709. The van der Waals surface area contributed by atoms with Crippen molar-refractivity contribution in [3.05, 3.63) is 40.2 Å². The molecule has 7 heteroatoms. The van der Waals surface area contributed by atoms with Gasteiger partial charge >= 0.3 is 0 Å². The summed E-state index contributed by atoms with van der Waals surface area (Å²) in [6.45, 7) is 0.946. The highest BCUT2D eigenvalue weighted by Crippen LogP contribution is 2.28. The van der Waals surface area contributed by atoms with Gasteiger partial charge in [0.25, 0.3) is 0 Å². The second-order valence-corrected chi connectivity index (χ2v) is 7.31. The van der Waals surface area contributed by atoms with Crippen LogP contribution < -0.4 is 5.73 Å². The first-order valence-electron chi connectivity index (χ1n) is 5.84. The molecule has 0 aromatic carbocycles. The number of nitrogens with two attached hydrogens (primary N) is 1. The van der Waals surface area contributed by atoms with E-state index in [4.69, 9.17) is 5.73 Å². The van der Waals surface area contributed by atoms with Gasteiger partial charge in [0, 0.05) is 30.2 Å². The third kappa shape index (κ3) is 2.24. The van der Waals surface area contributed by atoms with Crippen LogP contribution in [0.3, 0.4) is 0 Å². The summed E-state index contributed by atoms with van der Waals surface area (Å²) >= 11 is 1.68. The summed E-state index contributed by atoms with van der Waals surface area (Å²) < 4.78 is 26.5. The average molecular weight is 295 g/mol. The van der Waals surface area contributed by atoms with E-state index in [9.17, 15) is 8.42 Å². The molecule has 1 aliphatic heterocycles. The van der Waals surface area contributed by atoms with Crippen LogP contribution in [0, 0.1) is 0 Å². The minimum atomic E-state index is -3.49. The van der Waals surface area contributed by atoms with Crippen molar-refractivity contribution in [2.45, 2.75) is 17.9 Å². The van der Waals surface area contributed by atoms with E-state index in [1.807, 2.05) is 11.4 Å². The molecule has 0 spiro atoms. The highest BCUT2D eigenvalue weighted by atomic mass is 32.2. The summed E-state index contributed by atoms with van der Waals surface area (Å²) in [4.78, 5) is 5.31. The first-order valence-corrected chi connectivity index (χ1v) is 8.16. The molecule has 0 fully saturated rings. The van der Waals surface area contributed by atoms with Crippen LogP contribution in [0.25, 0.3) is 0 Å². The van der Waals surface area contributed by atoms with Gasteiger partial charge in [0.05, 0.1) is 4.90 Å². The first-order chi connectivity index (χ1) is 9.07. The van der Waals surface area contributed by atoms with Crippen LogP contribution in [0.1, 0.15) is 10.4 Å². The minimum absolute atomic E-state index is 0.207. The van der Waals surface area contributed by atoms with E-state index in [0.29, 0.717) is 13.1 Å². The number of hydrogen-bond acceptors (Lipinski definition) is 5. The quantitative estimate of drug-likeness (QED) is 0.910. The molecule has 0 atom stereocenters. The van der Waals surface area contributed by atoms with Gasteiger partial charge in [0.15, 0.2) is 0 Å². The van der Waals surface area contributed by atoms with Gasteiger partial charge in [-0.15, -0.1) is 11.3 Å². The lowest BCUT2D eigenvalue weighted by molar-refractivity contribution is 0.394. The molecule has 0 bridgehead atoms. The summed E-state index contributed by atoms with van der Waals surface area (Å²) in [6.07, 6.45) is 2.19. The van der Waals surface area contributed by atoms with Crippen LogP contribution in [0.5, 0.6) is 0 Å². The van der Waals surface area contributed by atoms with Gasteiger partial charge in [-0.25, -0.2) is 13.4 Å². The maximum atomic E-state index is 12.5. The number of rotatable bonds is 2. The normalized spacial score (nSPS) is 16.2. The maximum Gasteiger partial charge on any atom is 0.243 e. The van der Waals surface area contributed by atoms with E-state index < -0.39 is 10.0 Å². The van der Waals surface area contributed by atoms with E-state index in [2.05, 4.69) is 4.98 Å². The Morgan fingerprint density at radius 2 is 2.21 bits per heavy atom. The lowest BCUT2D eigenvalue weighted by atomic mass is 10.1. The summed E-state index contributed by atoms with van der Waals surface area (Å²) in [5.74, 6) is 0.217. The fourth-order valence-corrected chi connectivity index (χ4v) is 4.50. The smallest absolute Gasteiger partial charge is 0.243 e. The Labute approximate surface area is 115 Å². The molecule has 19 heavy (non-hydrogen) atoms. The van der Waals surface area contributed by atoms with Gasteiger partial charge in [-0.1, -0.05) is 0 Å². The van der Waals surface area contributed by atoms with Crippen molar-refractivity contribution in [2.24, 2.45) is 0 Å². The average Bonchev–Trinajstić information content (AvgIpc) is 2.85. The molecule has 2 aromatic rings. The topological polar surface area (TPSA) is 76.3 Å². The Balaban J connectivity index is 1.94. The lowest BCUT2D eigenvalue weighted by Gasteiger charge is -2.26. The molecule has 1 aliphatic rings. The fourth-order valence-electron chi connectivity index (χ4n) is 2.17. The Kier molecular flexibility index (Phi) is 3.04. The molecule has 0 radical (unpaired) electrons. The van der Waals surface area contributed by atoms with Gasteiger partial charge in [-0.05, 0) is 29.5 Å².